The second-order valence-electron chi connectivity index (χ2n) is 15.4. The zero-order chi connectivity index (χ0) is 37.9. The number of benzene rings is 7. The maximum Gasteiger partial charge on any atom is 0.160 e. The predicted octanol–water partition coefficient (Wildman–Crippen LogP) is 13.4. The van der Waals surface area contributed by atoms with Crippen LogP contribution in [0.3, 0.4) is 0 Å². The minimum absolute atomic E-state index is 0.121. The second-order valence-corrected chi connectivity index (χ2v) is 15.4. The summed E-state index contributed by atoms with van der Waals surface area (Å²) in [4.78, 5) is 15.3. The molecule has 11 rings (SSSR count). The Balaban J connectivity index is 1.04. The molecule has 0 spiro atoms. The van der Waals surface area contributed by atoms with E-state index in [-0.39, 0.29) is 11.3 Å². The Kier molecular flexibility index (Phi) is 7.68. The summed E-state index contributed by atoms with van der Waals surface area (Å²) in [6.45, 7) is 2.34. The minimum atomic E-state index is -0.121. The van der Waals surface area contributed by atoms with Crippen LogP contribution in [-0.2, 0) is 5.41 Å². The highest BCUT2D eigenvalue weighted by Crippen LogP contribution is 2.48. The van der Waals surface area contributed by atoms with E-state index in [1.165, 1.54) is 43.8 Å². The van der Waals surface area contributed by atoms with E-state index in [0.717, 1.165) is 50.1 Å². The van der Waals surface area contributed by atoms with Crippen molar-refractivity contribution in [3.05, 3.63) is 217 Å². The lowest BCUT2D eigenvalue weighted by molar-refractivity contribution is 0.491. The first-order chi connectivity index (χ1) is 28.1. The molecule has 0 amide bonds. The van der Waals surface area contributed by atoms with Crippen molar-refractivity contribution < 1.29 is 0 Å². The second kappa shape index (κ2) is 13.2. The molecule has 0 aliphatic heterocycles. The van der Waals surface area contributed by atoms with Crippen LogP contribution < -0.4 is 0 Å². The summed E-state index contributed by atoms with van der Waals surface area (Å²) in [5, 5.41) is 6.15. The van der Waals surface area contributed by atoms with Gasteiger partial charge in [0.2, 0.25) is 0 Å². The molecule has 0 radical (unpaired) electrons. The molecule has 9 aromatic rings. The third-order valence-corrected chi connectivity index (χ3v) is 12.0. The molecule has 268 valence electrons. The van der Waals surface area contributed by atoms with Crippen LogP contribution in [0.25, 0.3) is 82.9 Å². The van der Waals surface area contributed by atoms with Gasteiger partial charge in [0.15, 0.2) is 5.82 Å². The van der Waals surface area contributed by atoms with Crippen LogP contribution in [0, 0.1) is 5.92 Å². The first-order valence-electron chi connectivity index (χ1n) is 19.6. The molecule has 2 heterocycles. The number of aromatic nitrogens is 3. The van der Waals surface area contributed by atoms with Gasteiger partial charge in [-0.25, -0.2) is 9.97 Å². The fraction of sp³-hybridized carbons (Fsp3) is 0.0556. The van der Waals surface area contributed by atoms with Crippen molar-refractivity contribution in [2.45, 2.75) is 12.3 Å². The Labute approximate surface area is 332 Å². The highest BCUT2D eigenvalue weighted by molar-refractivity contribution is 6.13. The molecule has 2 aliphatic rings. The predicted molar refractivity (Wildman–Crippen MR) is 237 cm³/mol. The van der Waals surface area contributed by atoms with Gasteiger partial charge in [-0.15, -0.1) is 0 Å². The molecular formula is C54H37N3. The lowest BCUT2D eigenvalue weighted by Gasteiger charge is -2.40. The Morgan fingerprint density at radius 3 is 2.02 bits per heavy atom. The standard InChI is InChI=1S/C54H37N3/c1-54-29-11-10-14-42(54)32-48(46-18-7-8-19-49(46)54)52-33-51(56-53(57-52)38-27-21-35(22-28-38)41-30-40-13-3-9-20-50(40)55-34-41)37-25-23-36(24-26-37)47-31-39-12-2-4-15-43(39)44-16-5-6-17-45(44)47/h2-34,42H,1H3. The number of para-hydroxylation sites is 1. The summed E-state index contributed by atoms with van der Waals surface area (Å²) in [6, 6.07) is 58.6. The molecule has 3 heteroatoms. The molecule has 2 aliphatic carbocycles. The lowest BCUT2D eigenvalue weighted by atomic mass is 9.63. The number of nitrogens with zero attached hydrogens (tertiary/aromatic N) is 3. The molecule has 0 fully saturated rings. The van der Waals surface area contributed by atoms with Crippen LogP contribution in [0.15, 0.2) is 200 Å². The number of fused-ring (bicyclic) bond motifs is 7. The molecule has 0 bridgehead atoms. The van der Waals surface area contributed by atoms with Crippen LogP contribution in [0.5, 0.6) is 0 Å². The third-order valence-electron chi connectivity index (χ3n) is 12.0. The molecule has 3 nitrogen and oxygen atoms in total. The first-order valence-corrected chi connectivity index (χ1v) is 19.6. The molecule has 0 N–H and O–H groups in total. The van der Waals surface area contributed by atoms with Gasteiger partial charge in [-0.3, -0.25) is 4.98 Å². The number of allylic oxidation sites excluding steroid dienone is 5. The summed E-state index contributed by atoms with van der Waals surface area (Å²) in [5.41, 5.74) is 12.9. The Morgan fingerprint density at radius 1 is 0.491 bits per heavy atom. The highest BCUT2D eigenvalue weighted by Gasteiger charge is 2.38. The van der Waals surface area contributed by atoms with E-state index in [9.17, 15) is 0 Å². The minimum Gasteiger partial charge on any atom is -0.256 e. The average Bonchev–Trinajstić information content (AvgIpc) is 3.28. The number of pyridine rings is 1. The van der Waals surface area contributed by atoms with Gasteiger partial charge in [0.05, 0.1) is 16.9 Å². The van der Waals surface area contributed by atoms with Gasteiger partial charge >= 0.3 is 0 Å². The van der Waals surface area contributed by atoms with Gasteiger partial charge in [-0.1, -0.05) is 177 Å². The van der Waals surface area contributed by atoms with Crippen LogP contribution in [0.2, 0.25) is 0 Å². The van der Waals surface area contributed by atoms with Crippen LogP contribution in [0.1, 0.15) is 23.7 Å². The zero-order valence-corrected chi connectivity index (χ0v) is 31.5. The van der Waals surface area contributed by atoms with E-state index < -0.39 is 0 Å². The van der Waals surface area contributed by atoms with E-state index in [1.807, 2.05) is 18.3 Å². The number of hydrogen-bond donors (Lipinski definition) is 0. The third kappa shape index (κ3) is 5.62. The molecule has 0 saturated carbocycles. The van der Waals surface area contributed by atoms with Gasteiger partial charge in [0, 0.05) is 45.2 Å². The van der Waals surface area contributed by atoms with Crippen molar-refractivity contribution in [2.24, 2.45) is 5.92 Å². The van der Waals surface area contributed by atoms with Crippen LogP contribution in [0.4, 0.5) is 0 Å². The quantitative estimate of drug-likeness (QED) is 0.166. The summed E-state index contributed by atoms with van der Waals surface area (Å²) in [5.74, 6) is 0.904. The van der Waals surface area contributed by atoms with E-state index in [4.69, 9.17) is 15.0 Å². The Hall–Kier alpha value is -7.23. The molecule has 0 saturated heterocycles. The summed E-state index contributed by atoms with van der Waals surface area (Å²) in [6.07, 6.45) is 13.4. The smallest absolute Gasteiger partial charge is 0.160 e. The normalized spacial score (nSPS) is 17.1. The van der Waals surface area contributed by atoms with Crippen molar-refractivity contribution in [1.29, 1.82) is 0 Å². The average molecular weight is 728 g/mol. The molecule has 2 atom stereocenters. The maximum absolute atomic E-state index is 5.35. The number of hydrogen-bond acceptors (Lipinski definition) is 3. The van der Waals surface area contributed by atoms with E-state index in [0.29, 0.717) is 5.82 Å². The largest absolute Gasteiger partial charge is 0.256 e. The molecular weight excluding hydrogens is 691 g/mol. The fourth-order valence-electron chi connectivity index (χ4n) is 8.95. The SMILES string of the molecule is CC12C=CC=CC1C=C(c1cc(-c3ccc(-c4cc5ccccc5c5ccccc45)cc3)nc(-c3ccc(-c4cnc5ccccc5c4)cc3)n1)c1ccccc12. The monoisotopic (exact) mass is 727 g/mol. The van der Waals surface area contributed by atoms with Gasteiger partial charge < -0.3 is 0 Å². The van der Waals surface area contributed by atoms with Gasteiger partial charge in [0.1, 0.15) is 0 Å². The van der Waals surface area contributed by atoms with Gasteiger partial charge in [-0.2, -0.15) is 0 Å². The van der Waals surface area contributed by atoms with Crippen molar-refractivity contribution >= 4 is 38.0 Å². The van der Waals surface area contributed by atoms with Crippen LogP contribution in [-0.4, -0.2) is 15.0 Å². The Morgan fingerprint density at radius 2 is 1.16 bits per heavy atom. The van der Waals surface area contributed by atoms with Crippen molar-refractivity contribution in [1.82, 2.24) is 15.0 Å². The lowest BCUT2D eigenvalue weighted by Crippen LogP contribution is -2.33. The van der Waals surface area contributed by atoms with E-state index >= 15 is 0 Å². The van der Waals surface area contributed by atoms with Gasteiger partial charge in [0.25, 0.3) is 0 Å². The highest BCUT2D eigenvalue weighted by atomic mass is 14.9. The summed E-state index contributed by atoms with van der Waals surface area (Å²) >= 11 is 0. The first kappa shape index (κ1) is 33.1. The van der Waals surface area contributed by atoms with Crippen molar-refractivity contribution in [2.75, 3.05) is 0 Å². The molecule has 57 heavy (non-hydrogen) atoms. The van der Waals surface area contributed by atoms with Crippen LogP contribution >= 0.6 is 0 Å². The zero-order valence-electron chi connectivity index (χ0n) is 31.5. The van der Waals surface area contributed by atoms with Gasteiger partial charge in [-0.05, 0) is 73.6 Å². The Bertz CT molecular complexity index is 3130. The molecule has 2 unspecified atom stereocenters. The van der Waals surface area contributed by atoms with E-state index in [1.54, 1.807) is 0 Å². The summed E-state index contributed by atoms with van der Waals surface area (Å²) in [7, 11) is 0. The summed E-state index contributed by atoms with van der Waals surface area (Å²) < 4.78 is 0. The molecule has 7 aromatic carbocycles. The van der Waals surface area contributed by atoms with E-state index in [2.05, 4.69) is 189 Å². The number of rotatable bonds is 5. The molecule has 2 aromatic heterocycles. The van der Waals surface area contributed by atoms with Crippen molar-refractivity contribution in [3.63, 3.8) is 0 Å². The van der Waals surface area contributed by atoms with Crippen molar-refractivity contribution in [3.8, 4) is 44.9 Å². The topological polar surface area (TPSA) is 38.7 Å². The maximum atomic E-state index is 5.35. The fourth-order valence-corrected chi connectivity index (χ4v) is 8.95.